The zero-order valence-electron chi connectivity index (χ0n) is 7.77. The number of benzene rings is 1. The fourth-order valence-corrected chi connectivity index (χ4v) is 2.73. The van der Waals surface area contributed by atoms with Crippen LogP contribution in [0.15, 0.2) is 34.1 Å². The van der Waals surface area contributed by atoms with Gasteiger partial charge in [-0.1, -0.05) is 30.3 Å². The molecule has 0 fully saturated rings. The molecule has 0 unspecified atom stereocenters. The molecule has 4 heteroatoms. The molecule has 1 aromatic heterocycles. The molecule has 1 heterocycles. The average molecular weight is 279 g/mol. The van der Waals surface area contributed by atoms with E-state index in [2.05, 4.69) is 27.0 Å². The van der Waals surface area contributed by atoms with Crippen LogP contribution in [0.2, 0.25) is 0 Å². The van der Waals surface area contributed by atoms with Crippen LogP contribution < -0.4 is 0 Å². The van der Waals surface area contributed by atoms with Gasteiger partial charge in [0.15, 0.2) is 0 Å². The maximum Gasteiger partial charge on any atom is 0.124 e. The van der Waals surface area contributed by atoms with Crippen LogP contribution >= 0.6 is 27.3 Å². The molecule has 0 radical (unpaired) electrons. The summed E-state index contributed by atoms with van der Waals surface area (Å²) in [5, 5.41) is 9.57. The minimum absolute atomic E-state index is 0.351. The first-order valence-corrected chi connectivity index (χ1v) is 6.00. The summed E-state index contributed by atoms with van der Waals surface area (Å²) in [5.74, 6) is 0. The van der Waals surface area contributed by atoms with Gasteiger partial charge in [-0.25, -0.2) is 4.98 Å². The van der Waals surface area contributed by atoms with Crippen LogP contribution in [-0.2, 0) is 6.42 Å². The molecule has 0 atom stereocenters. The lowest BCUT2D eigenvalue weighted by Crippen LogP contribution is -1.82. The largest absolute Gasteiger partial charge is 0.239 e. The molecule has 74 valence electrons. The van der Waals surface area contributed by atoms with Gasteiger partial charge in [-0.3, -0.25) is 0 Å². The third kappa shape index (κ3) is 2.25. The highest BCUT2D eigenvalue weighted by atomic mass is 79.9. The van der Waals surface area contributed by atoms with Crippen LogP contribution in [-0.4, -0.2) is 4.98 Å². The van der Waals surface area contributed by atoms with Crippen molar-refractivity contribution < 1.29 is 0 Å². The number of nitrogens with zero attached hydrogens (tertiary/aromatic N) is 2. The lowest BCUT2D eigenvalue weighted by atomic mass is 10.2. The number of thiazole rings is 1. The molecule has 15 heavy (non-hydrogen) atoms. The minimum Gasteiger partial charge on any atom is -0.239 e. The number of rotatable bonds is 2. The van der Waals surface area contributed by atoms with Crippen molar-refractivity contribution in [3.05, 3.63) is 39.8 Å². The highest BCUT2D eigenvalue weighted by Crippen LogP contribution is 2.31. The molecule has 0 aliphatic rings. The molecule has 2 nitrogen and oxygen atoms in total. The quantitative estimate of drug-likeness (QED) is 0.841. The van der Waals surface area contributed by atoms with Crippen LogP contribution in [0.5, 0.6) is 0 Å². The second-order valence-corrected chi connectivity index (χ2v) is 5.26. The Morgan fingerprint density at radius 3 is 2.73 bits per heavy atom. The van der Waals surface area contributed by atoms with E-state index in [1.807, 2.05) is 30.3 Å². The molecule has 0 bridgehead atoms. The summed E-state index contributed by atoms with van der Waals surface area (Å²) in [6.45, 7) is 0. The van der Waals surface area contributed by atoms with E-state index < -0.39 is 0 Å². The van der Waals surface area contributed by atoms with E-state index in [4.69, 9.17) is 5.26 Å². The van der Waals surface area contributed by atoms with Gasteiger partial charge in [0.05, 0.1) is 22.0 Å². The van der Waals surface area contributed by atoms with Crippen molar-refractivity contribution in [3.63, 3.8) is 0 Å². The fraction of sp³-hybridized carbons (Fsp3) is 0.0909. The molecule has 2 aromatic rings. The first kappa shape index (κ1) is 10.3. The van der Waals surface area contributed by atoms with Crippen LogP contribution in [0, 0.1) is 11.3 Å². The third-order valence-corrected chi connectivity index (χ3v) is 3.80. The molecule has 0 aliphatic heterocycles. The van der Waals surface area contributed by atoms with Crippen molar-refractivity contribution in [2.45, 2.75) is 6.42 Å². The lowest BCUT2D eigenvalue weighted by molar-refractivity contribution is 1.15. The Morgan fingerprint density at radius 2 is 2.07 bits per heavy atom. The van der Waals surface area contributed by atoms with E-state index in [0.29, 0.717) is 6.42 Å². The zero-order chi connectivity index (χ0) is 10.7. The van der Waals surface area contributed by atoms with Crippen molar-refractivity contribution in [1.82, 2.24) is 4.98 Å². The standard InChI is InChI=1S/C11H7BrN2S/c12-10-9(6-7-13)14-11(15-10)8-4-2-1-3-5-8/h1-5H,6H2. The van der Waals surface area contributed by atoms with Crippen LogP contribution in [0.1, 0.15) is 5.69 Å². The number of aromatic nitrogens is 1. The summed E-state index contributed by atoms with van der Waals surface area (Å²) in [4.78, 5) is 4.42. The molecule has 0 saturated carbocycles. The van der Waals surface area contributed by atoms with Gasteiger partial charge in [0, 0.05) is 5.56 Å². The molecule has 0 amide bonds. The van der Waals surface area contributed by atoms with Crippen LogP contribution in [0.3, 0.4) is 0 Å². The molecule has 1 aromatic carbocycles. The summed E-state index contributed by atoms with van der Waals surface area (Å²) in [6.07, 6.45) is 0.351. The fourth-order valence-electron chi connectivity index (χ4n) is 1.22. The van der Waals surface area contributed by atoms with E-state index >= 15 is 0 Å². The number of nitriles is 1. The molecular weight excluding hydrogens is 272 g/mol. The van der Waals surface area contributed by atoms with E-state index in [1.165, 1.54) is 0 Å². The average Bonchev–Trinajstić information content (AvgIpc) is 2.63. The maximum absolute atomic E-state index is 8.62. The molecule has 0 saturated heterocycles. The van der Waals surface area contributed by atoms with Crippen molar-refractivity contribution in [3.8, 4) is 16.6 Å². The number of hydrogen-bond acceptors (Lipinski definition) is 3. The third-order valence-electron chi connectivity index (χ3n) is 1.92. The van der Waals surface area contributed by atoms with Crippen molar-refractivity contribution >= 4 is 27.3 Å². The van der Waals surface area contributed by atoms with Crippen molar-refractivity contribution in [2.24, 2.45) is 0 Å². The van der Waals surface area contributed by atoms with E-state index in [1.54, 1.807) is 11.3 Å². The highest BCUT2D eigenvalue weighted by Gasteiger charge is 2.09. The Labute approximate surface area is 100 Å². The number of halogens is 1. The molecule has 0 N–H and O–H groups in total. The monoisotopic (exact) mass is 278 g/mol. The van der Waals surface area contributed by atoms with E-state index in [0.717, 1.165) is 20.1 Å². The van der Waals surface area contributed by atoms with Gasteiger partial charge in [0.2, 0.25) is 0 Å². The molecule has 0 spiro atoms. The van der Waals surface area contributed by atoms with Gasteiger partial charge in [-0.2, -0.15) is 5.26 Å². The first-order chi connectivity index (χ1) is 7.31. The summed E-state index contributed by atoms with van der Waals surface area (Å²) >= 11 is 4.98. The lowest BCUT2D eigenvalue weighted by Gasteiger charge is -1.92. The predicted molar refractivity (Wildman–Crippen MR) is 64.6 cm³/mol. The second kappa shape index (κ2) is 4.56. The second-order valence-electron chi connectivity index (χ2n) is 2.94. The summed E-state index contributed by atoms with van der Waals surface area (Å²) in [5.41, 5.74) is 1.91. The van der Waals surface area contributed by atoms with Gasteiger partial charge in [-0.15, -0.1) is 11.3 Å². The van der Waals surface area contributed by atoms with E-state index in [9.17, 15) is 0 Å². The van der Waals surface area contributed by atoms with Crippen LogP contribution in [0.25, 0.3) is 10.6 Å². The Balaban J connectivity index is 2.40. The van der Waals surface area contributed by atoms with Gasteiger partial charge >= 0.3 is 0 Å². The van der Waals surface area contributed by atoms with Crippen molar-refractivity contribution in [2.75, 3.05) is 0 Å². The summed E-state index contributed by atoms with van der Waals surface area (Å²) < 4.78 is 0.947. The Morgan fingerprint density at radius 1 is 1.33 bits per heavy atom. The highest BCUT2D eigenvalue weighted by molar-refractivity contribution is 9.11. The van der Waals surface area contributed by atoms with Gasteiger partial charge in [-0.05, 0) is 15.9 Å². The van der Waals surface area contributed by atoms with Crippen molar-refractivity contribution in [1.29, 1.82) is 5.26 Å². The van der Waals surface area contributed by atoms with Gasteiger partial charge < -0.3 is 0 Å². The molecule has 2 rings (SSSR count). The smallest absolute Gasteiger partial charge is 0.124 e. The van der Waals surface area contributed by atoms with Gasteiger partial charge in [0.1, 0.15) is 5.01 Å². The number of hydrogen-bond donors (Lipinski definition) is 0. The zero-order valence-corrected chi connectivity index (χ0v) is 10.2. The summed E-state index contributed by atoms with van der Waals surface area (Å²) in [7, 11) is 0. The summed E-state index contributed by atoms with van der Waals surface area (Å²) in [6, 6.07) is 12.1. The maximum atomic E-state index is 8.62. The van der Waals surface area contributed by atoms with E-state index in [-0.39, 0.29) is 0 Å². The normalized spacial score (nSPS) is 9.87. The Bertz CT molecular complexity index is 499. The Hall–Kier alpha value is -1.18. The topological polar surface area (TPSA) is 36.7 Å². The predicted octanol–water partition coefficient (Wildman–Crippen LogP) is 3.64. The van der Waals surface area contributed by atoms with Crippen LogP contribution in [0.4, 0.5) is 0 Å². The first-order valence-electron chi connectivity index (χ1n) is 4.39. The molecule has 0 aliphatic carbocycles. The van der Waals surface area contributed by atoms with Gasteiger partial charge in [0.25, 0.3) is 0 Å². The molecular formula is C11H7BrN2S. The SMILES string of the molecule is N#CCc1nc(-c2ccccc2)sc1Br. The Kier molecular flexibility index (Phi) is 3.14. The minimum atomic E-state index is 0.351.